The summed E-state index contributed by atoms with van der Waals surface area (Å²) in [6.45, 7) is 0. The molecule has 3 aromatic rings. The highest BCUT2D eigenvalue weighted by Crippen LogP contribution is 2.21. The lowest BCUT2D eigenvalue weighted by molar-refractivity contribution is 0.111. The molecule has 3 nitrogen and oxygen atoms in total. The molecule has 0 saturated heterocycles. The van der Waals surface area contributed by atoms with Crippen LogP contribution in [0.5, 0.6) is 0 Å². The Bertz CT molecular complexity index is 699. The van der Waals surface area contributed by atoms with Crippen molar-refractivity contribution in [3.63, 3.8) is 0 Å². The summed E-state index contributed by atoms with van der Waals surface area (Å²) in [5.74, 6) is 0. The second-order valence-corrected chi connectivity index (χ2v) is 5.48. The molecule has 2 aromatic heterocycles. The van der Waals surface area contributed by atoms with Crippen LogP contribution >= 0.6 is 22.9 Å². The highest BCUT2D eigenvalue weighted by atomic mass is 35.5. The standard InChI is InChI=1S/C13H9ClN2OS/c14-10-3-1-9(2-4-10)5-12-7-16-11(8-17)6-15-13(16)18-12/h1-4,6-8H,5H2. The van der Waals surface area contributed by atoms with Gasteiger partial charge in [0.05, 0.1) is 6.20 Å². The summed E-state index contributed by atoms with van der Waals surface area (Å²) < 4.78 is 1.82. The highest BCUT2D eigenvalue weighted by Gasteiger charge is 2.07. The fourth-order valence-corrected chi connectivity index (χ4v) is 2.94. The lowest BCUT2D eigenvalue weighted by Crippen LogP contribution is -1.87. The van der Waals surface area contributed by atoms with E-state index in [0.29, 0.717) is 5.69 Å². The van der Waals surface area contributed by atoms with E-state index in [-0.39, 0.29) is 0 Å². The van der Waals surface area contributed by atoms with Crippen LogP contribution in [0.2, 0.25) is 5.02 Å². The summed E-state index contributed by atoms with van der Waals surface area (Å²) in [5, 5.41) is 0.739. The number of aldehydes is 1. The van der Waals surface area contributed by atoms with Crippen LogP contribution in [0.15, 0.2) is 36.7 Å². The molecule has 18 heavy (non-hydrogen) atoms. The number of rotatable bonds is 3. The Morgan fingerprint density at radius 1 is 1.33 bits per heavy atom. The molecular weight excluding hydrogens is 268 g/mol. The average Bonchev–Trinajstić information content (AvgIpc) is 2.91. The van der Waals surface area contributed by atoms with Gasteiger partial charge >= 0.3 is 0 Å². The first-order valence-electron chi connectivity index (χ1n) is 5.41. The Morgan fingerprint density at radius 3 is 2.83 bits per heavy atom. The van der Waals surface area contributed by atoms with Gasteiger partial charge in [0.15, 0.2) is 11.2 Å². The Morgan fingerprint density at radius 2 is 2.11 bits per heavy atom. The van der Waals surface area contributed by atoms with Crippen LogP contribution < -0.4 is 0 Å². The number of fused-ring (bicyclic) bond motifs is 1. The summed E-state index contributed by atoms with van der Waals surface area (Å²) in [5.41, 5.74) is 1.78. The molecule has 90 valence electrons. The zero-order chi connectivity index (χ0) is 12.5. The predicted molar refractivity (Wildman–Crippen MR) is 72.7 cm³/mol. The number of halogens is 1. The molecule has 0 aliphatic carbocycles. The number of hydrogen-bond acceptors (Lipinski definition) is 3. The molecule has 1 aromatic carbocycles. The van der Waals surface area contributed by atoms with Crippen molar-refractivity contribution in [1.82, 2.24) is 9.38 Å². The third-order valence-electron chi connectivity index (χ3n) is 2.70. The van der Waals surface area contributed by atoms with Crippen molar-refractivity contribution < 1.29 is 4.79 Å². The van der Waals surface area contributed by atoms with Gasteiger partial charge in [-0.25, -0.2) is 4.98 Å². The predicted octanol–water partition coefficient (Wildman–Crippen LogP) is 3.45. The van der Waals surface area contributed by atoms with Crippen LogP contribution in [-0.2, 0) is 6.42 Å². The first-order valence-corrected chi connectivity index (χ1v) is 6.61. The van der Waals surface area contributed by atoms with Crippen molar-refractivity contribution in [2.45, 2.75) is 6.42 Å². The van der Waals surface area contributed by atoms with Crippen LogP contribution in [0.3, 0.4) is 0 Å². The van der Waals surface area contributed by atoms with Crippen LogP contribution in [0.1, 0.15) is 20.9 Å². The number of nitrogens with zero attached hydrogens (tertiary/aromatic N) is 2. The second-order valence-electron chi connectivity index (χ2n) is 3.95. The number of benzene rings is 1. The molecule has 0 radical (unpaired) electrons. The van der Waals surface area contributed by atoms with Gasteiger partial charge in [-0.1, -0.05) is 23.7 Å². The molecule has 0 unspecified atom stereocenters. The molecule has 0 saturated carbocycles. The molecule has 0 fully saturated rings. The van der Waals surface area contributed by atoms with Crippen molar-refractivity contribution in [1.29, 1.82) is 0 Å². The minimum atomic E-state index is 0.587. The van der Waals surface area contributed by atoms with Gasteiger partial charge in [-0.3, -0.25) is 9.20 Å². The van der Waals surface area contributed by atoms with Crippen molar-refractivity contribution in [2.24, 2.45) is 0 Å². The number of carbonyl (C=O) groups is 1. The highest BCUT2D eigenvalue weighted by molar-refractivity contribution is 7.17. The van der Waals surface area contributed by atoms with E-state index < -0.39 is 0 Å². The summed E-state index contributed by atoms with van der Waals surface area (Å²) in [7, 11) is 0. The van der Waals surface area contributed by atoms with E-state index >= 15 is 0 Å². The van der Waals surface area contributed by atoms with E-state index in [2.05, 4.69) is 4.98 Å². The van der Waals surface area contributed by atoms with E-state index in [1.54, 1.807) is 17.5 Å². The molecule has 5 heteroatoms. The van der Waals surface area contributed by atoms with Crippen molar-refractivity contribution in [3.05, 3.63) is 57.8 Å². The molecular formula is C13H9ClN2OS. The monoisotopic (exact) mass is 276 g/mol. The first-order chi connectivity index (χ1) is 8.76. The van der Waals surface area contributed by atoms with Gasteiger partial charge in [0.25, 0.3) is 0 Å². The Hall–Kier alpha value is -1.65. The van der Waals surface area contributed by atoms with Gasteiger partial charge < -0.3 is 0 Å². The maximum Gasteiger partial charge on any atom is 0.194 e. The van der Waals surface area contributed by atoms with Gasteiger partial charge in [-0.2, -0.15) is 0 Å². The normalized spacial score (nSPS) is 10.9. The average molecular weight is 277 g/mol. The second kappa shape index (κ2) is 4.55. The van der Waals surface area contributed by atoms with E-state index in [1.807, 2.05) is 34.9 Å². The van der Waals surface area contributed by atoms with E-state index in [9.17, 15) is 4.79 Å². The zero-order valence-corrected chi connectivity index (χ0v) is 10.9. The van der Waals surface area contributed by atoms with Crippen LogP contribution in [0.4, 0.5) is 0 Å². The Labute approximate surface area is 113 Å². The van der Waals surface area contributed by atoms with Crippen molar-refractivity contribution >= 4 is 34.2 Å². The van der Waals surface area contributed by atoms with E-state index in [4.69, 9.17) is 11.6 Å². The molecule has 0 amide bonds. The third kappa shape index (κ3) is 2.05. The largest absolute Gasteiger partial charge is 0.296 e. The number of hydrogen-bond donors (Lipinski definition) is 0. The summed E-state index contributed by atoms with van der Waals surface area (Å²) in [6, 6.07) is 7.77. The van der Waals surface area contributed by atoms with Gasteiger partial charge in [0.1, 0.15) is 5.69 Å². The van der Waals surface area contributed by atoms with Gasteiger partial charge in [0.2, 0.25) is 0 Å². The van der Waals surface area contributed by atoms with Gasteiger partial charge in [0, 0.05) is 22.5 Å². The minimum absolute atomic E-state index is 0.587. The molecule has 0 bridgehead atoms. The SMILES string of the molecule is O=Cc1cnc2sc(Cc3ccc(Cl)cc3)cn12. The lowest BCUT2D eigenvalue weighted by Gasteiger charge is -1.97. The van der Waals surface area contributed by atoms with Gasteiger partial charge in [-0.05, 0) is 17.7 Å². The van der Waals surface area contributed by atoms with Crippen molar-refractivity contribution in [2.75, 3.05) is 0 Å². The zero-order valence-electron chi connectivity index (χ0n) is 9.34. The van der Waals surface area contributed by atoms with E-state index in [1.165, 1.54) is 10.4 Å². The van der Waals surface area contributed by atoms with Crippen molar-refractivity contribution in [3.8, 4) is 0 Å². The third-order valence-corrected chi connectivity index (χ3v) is 3.95. The Balaban J connectivity index is 1.92. The first kappa shape index (κ1) is 11.4. The van der Waals surface area contributed by atoms with Crippen LogP contribution in [0, 0.1) is 0 Å². The maximum atomic E-state index is 10.8. The topological polar surface area (TPSA) is 34.4 Å². The number of carbonyl (C=O) groups excluding carboxylic acids is 1. The molecule has 3 rings (SSSR count). The molecule has 0 N–H and O–H groups in total. The molecule has 2 heterocycles. The van der Waals surface area contributed by atoms with Gasteiger partial charge in [-0.15, -0.1) is 11.3 Å². The summed E-state index contributed by atoms with van der Waals surface area (Å²) >= 11 is 7.44. The molecule has 0 aliphatic rings. The summed E-state index contributed by atoms with van der Waals surface area (Å²) in [4.78, 5) is 17.0. The quantitative estimate of drug-likeness (QED) is 0.687. The summed E-state index contributed by atoms with van der Waals surface area (Å²) in [6.07, 6.45) is 5.19. The fourth-order valence-electron chi connectivity index (χ4n) is 1.82. The van der Waals surface area contributed by atoms with Crippen LogP contribution in [0.25, 0.3) is 4.96 Å². The van der Waals surface area contributed by atoms with Crippen LogP contribution in [-0.4, -0.2) is 15.7 Å². The van der Waals surface area contributed by atoms with E-state index in [0.717, 1.165) is 22.7 Å². The molecule has 0 atom stereocenters. The molecule has 0 aliphatic heterocycles. The fraction of sp³-hybridized carbons (Fsp3) is 0.0769. The number of aromatic nitrogens is 2. The minimum Gasteiger partial charge on any atom is -0.296 e. The smallest absolute Gasteiger partial charge is 0.194 e. The number of imidazole rings is 1. The molecule has 0 spiro atoms. The Kier molecular flexibility index (Phi) is 2.89. The maximum absolute atomic E-state index is 10.8. The lowest BCUT2D eigenvalue weighted by atomic mass is 10.1. The number of thiazole rings is 1.